The molecule has 0 aromatic rings. The Labute approximate surface area is 126 Å². The molecule has 0 aromatic heterocycles. The topological polar surface area (TPSA) is 21.3 Å². The van der Waals surface area contributed by atoms with E-state index in [0.29, 0.717) is 10.8 Å². The van der Waals surface area contributed by atoms with E-state index in [-0.39, 0.29) is 0 Å². The second-order valence-electron chi connectivity index (χ2n) is 8.19. The Morgan fingerprint density at radius 3 is 2.25 bits per heavy atom. The molecule has 1 saturated carbocycles. The van der Waals surface area contributed by atoms with Crippen LogP contribution in [0.25, 0.3) is 0 Å². The number of hydrogen-bond donors (Lipinski definition) is 1. The van der Waals surface area contributed by atoms with Gasteiger partial charge in [-0.05, 0) is 55.3 Å². The molecule has 2 rings (SSSR count). The fourth-order valence-electron chi connectivity index (χ4n) is 3.80. The molecule has 0 radical (unpaired) electrons. The van der Waals surface area contributed by atoms with Crippen molar-refractivity contribution < 1.29 is 4.74 Å². The van der Waals surface area contributed by atoms with Crippen LogP contribution < -0.4 is 5.32 Å². The second-order valence-corrected chi connectivity index (χ2v) is 8.19. The van der Waals surface area contributed by atoms with Gasteiger partial charge in [0, 0.05) is 25.8 Å². The highest BCUT2D eigenvalue weighted by atomic mass is 16.5. The van der Waals surface area contributed by atoms with Gasteiger partial charge in [0.15, 0.2) is 0 Å². The maximum atomic E-state index is 5.49. The zero-order valence-electron chi connectivity index (χ0n) is 14.1. The maximum absolute atomic E-state index is 5.49. The van der Waals surface area contributed by atoms with E-state index in [9.17, 15) is 0 Å². The molecular formula is C18H35NO. The van der Waals surface area contributed by atoms with Crippen molar-refractivity contribution in [3.63, 3.8) is 0 Å². The van der Waals surface area contributed by atoms with E-state index in [4.69, 9.17) is 4.74 Å². The Hall–Kier alpha value is -0.0800. The summed E-state index contributed by atoms with van der Waals surface area (Å²) in [5.74, 6) is 0.934. The fraction of sp³-hybridized carbons (Fsp3) is 1.00. The minimum Gasteiger partial charge on any atom is -0.381 e. The number of nitrogens with one attached hydrogen (secondary N) is 1. The summed E-state index contributed by atoms with van der Waals surface area (Å²) in [6, 6.07) is 0.763. The molecule has 2 aliphatic rings. The van der Waals surface area contributed by atoms with E-state index in [1.165, 1.54) is 51.5 Å². The van der Waals surface area contributed by atoms with Gasteiger partial charge in [-0.15, -0.1) is 0 Å². The van der Waals surface area contributed by atoms with E-state index < -0.39 is 0 Å². The molecule has 0 bridgehead atoms. The van der Waals surface area contributed by atoms with Gasteiger partial charge in [0.1, 0.15) is 0 Å². The van der Waals surface area contributed by atoms with E-state index in [2.05, 4.69) is 33.0 Å². The summed E-state index contributed by atoms with van der Waals surface area (Å²) in [4.78, 5) is 0. The minimum absolute atomic E-state index is 0.470. The van der Waals surface area contributed by atoms with Crippen molar-refractivity contribution in [1.29, 1.82) is 0 Å². The molecule has 0 aromatic carbocycles. The lowest BCUT2D eigenvalue weighted by atomic mass is 9.69. The van der Waals surface area contributed by atoms with E-state index in [1.807, 2.05) is 0 Å². The van der Waals surface area contributed by atoms with Crippen LogP contribution in [0.1, 0.15) is 72.6 Å². The van der Waals surface area contributed by atoms with Crippen LogP contribution >= 0.6 is 0 Å². The molecule has 1 saturated heterocycles. The first-order valence-electron chi connectivity index (χ1n) is 8.76. The molecule has 1 heterocycles. The molecule has 2 heteroatoms. The molecule has 1 aliphatic heterocycles. The van der Waals surface area contributed by atoms with Gasteiger partial charge < -0.3 is 10.1 Å². The Kier molecular flexibility index (Phi) is 5.53. The highest BCUT2D eigenvalue weighted by Crippen LogP contribution is 2.40. The van der Waals surface area contributed by atoms with Crippen molar-refractivity contribution in [1.82, 2.24) is 5.32 Å². The molecule has 118 valence electrons. The van der Waals surface area contributed by atoms with Crippen molar-refractivity contribution in [3.05, 3.63) is 0 Å². The number of hydrogen-bond acceptors (Lipinski definition) is 2. The van der Waals surface area contributed by atoms with Crippen LogP contribution in [-0.2, 0) is 4.74 Å². The summed E-state index contributed by atoms with van der Waals surface area (Å²) in [5, 5.41) is 3.87. The number of rotatable bonds is 5. The van der Waals surface area contributed by atoms with Gasteiger partial charge in [-0.1, -0.05) is 34.1 Å². The van der Waals surface area contributed by atoms with Crippen LogP contribution in [0.2, 0.25) is 0 Å². The van der Waals surface area contributed by atoms with Crippen molar-refractivity contribution >= 4 is 0 Å². The van der Waals surface area contributed by atoms with Crippen molar-refractivity contribution in [2.45, 2.75) is 78.7 Å². The zero-order chi connectivity index (χ0) is 14.6. The third kappa shape index (κ3) is 4.21. The van der Waals surface area contributed by atoms with Crippen molar-refractivity contribution in [2.24, 2.45) is 16.7 Å². The summed E-state index contributed by atoms with van der Waals surface area (Å²) in [7, 11) is 0. The molecule has 1 aliphatic carbocycles. The molecule has 0 amide bonds. The summed E-state index contributed by atoms with van der Waals surface area (Å²) in [6.07, 6.45) is 9.34. The average molecular weight is 281 g/mol. The third-order valence-corrected chi connectivity index (χ3v) is 6.26. The molecule has 0 atom stereocenters. The summed E-state index contributed by atoms with van der Waals surface area (Å²) < 4.78 is 5.49. The average Bonchev–Trinajstić information content (AvgIpc) is 2.46. The third-order valence-electron chi connectivity index (χ3n) is 6.26. The van der Waals surface area contributed by atoms with Gasteiger partial charge >= 0.3 is 0 Å². The molecule has 2 nitrogen and oxygen atoms in total. The monoisotopic (exact) mass is 281 g/mol. The van der Waals surface area contributed by atoms with E-state index in [0.717, 1.165) is 25.2 Å². The lowest BCUT2D eigenvalue weighted by Gasteiger charge is -2.40. The van der Waals surface area contributed by atoms with Crippen molar-refractivity contribution in [2.75, 3.05) is 19.8 Å². The van der Waals surface area contributed by atoms with Crippen LogP contribution in [0.3, 0.4) is 0 Å². The molecule has 2 fully saturated rings. The highest BCUT2D eigenvalue weighted by molar-refractivity contribution is 4.87. The molecule has 0 unspecified atom stereocenters. The predicted molar refractivity (Wildman–Crippen MR) is 86.0 cm³/mol. The van der Waals surface area contributed by atoms with Gasteiger partial charge in [-0.2, -0.15) is 0 Å². The first kappa shape index (κ1) is 16.3. The normalized spacial score (nSPS) is 31.2. The fourth-order valence-corrected chi connectivity index (χ4v) is 3.80. The second kappa shape index (κ2) is 6.79. The predicted octanol–water partition coefficient (Wildman–Crippen LogP) is 4.39. The van der Waals surface area contributed by atoms with E-state index in [1.54, 1.807) is 0 Å². The van der Waals surface area contributed by atoms with Crippen LogP contribution in [0.5, 0.6) is 0 Å². The Balaban J connectivity index is 1.72. The minimum atomic E-state index is 0.470. The molecule has 1 N–H and O–H groups in total. The smallest absolute Gasteiger partial charge is 0.0471 e. The first-order chi connectivity index (χ1) is 9.45. The van der Waals surface area contributed by atoms with Gasteiger partial charge in [0.05, 0.1) is 0 Å². The van der Waals surface area contributed by atoms with Gasteiger partial charge in [-0.25, -0.2) is 0 Å². The standard InChI is InChI=1S/C18H35NO/c1-5-17(2,3)15-6-8-16(9-7-15)19-14-18(4)10-12-20-13-11-18/h15-16,19H,5-14H2,1-4H3. The first-order valence-corrected chi connectivity index (χ1v) is 8.76. The van der Waals surface area contributed by atoms with Gasteiger partial charge in [0.25, 0.3) is 0 Å². The Bertz CT molecular complexity index is 286. The lowest BCUT2D eigenvalue weighted by Crippen LogP contribution is -2.43. The molecule has 0 spiro atoms. The molecule has 20 heavy (non-hydrogen) atoms. The molecular weight excluding hydrogens is 246 g/mol. The summed E-state index contributed by atoms with van der Waals surface area (Å²) in [6.45, 7) is 12.8. The van der Waals surface area contributed by atoms with Crippen LogP contribution in [0, 0.1) is 16.7 Å². The Morgan fingerprint density at radius 1 is 1.10 bits per heavy atom. The van der Waals surface area contributed by atoms with Crippen LogP contribution in [0.4, 0.5) is 0 Å². The number of ether oxygens (including phenoxy) is 1. The highest BCUT2D eigenvalue weighted by Gasteiger charge is 2.33. The maximum Gasteiger partial charge on any atom is 0.0471 e. The van der Waals surface area contributed by atoms with Gasteiger partial charge in [0.2, 0.25) is 0 Å². The summed E-state index contributed by atoms with van der Waals surface area (Å²) in [5.41, 5.74) is 1.01. The van der Waals surface area contributed by atoms with Crippen LogP contribution in [-0.4, -0.2) is 25.8 Å². The quantitative estimate of drug-likeness (QED) is 0.807. The van der Waals surface area contributed by atoms with E-state index >= 15 is 0 Å². The SMILES string of the molecule is CCC(C)(C)C1CCC(NCC2(C)CCOCC2)CC1. The van der Waals surface area contributed by atoms with Gasteiger partial charge in [-0.3, -0.25) is 0 Å². The largest absolute Gasteiger partial charge is 0.381 e. The Morgan fingerprint density at radius 2 is 1.70 bits per heavy atom. The van der Waals surface area contributed by atoms with Crippen molar-refractivity contribution in [3.8, 4) is 0 Å². The van der Waals surface area contributed by atoms with Crippen LogP contribution in [0.15, 0.2) is 0 Å². The lowest BCUT2D eigenvalue weighted by molar-refractivity contribution is 0.0213. The zero-order valence-corrected chi connectivity index (χ0v) is 14.1. The summed E-state index contributed by atoms with van der Waals surface area (Å²) >= 11 is 0.